The van der Waals surface area contributed by atoms with Gasteiger partial charge in [-0.3, -0.25) is 0 Å². The van der Waals surface area contributed by atoms with E-state index in [1.807, 2.05) is 6.07 Å². The number of para-hydroxylation sites is 2. The minimum Gasteiger partial charge on any atom is -0.308 e. The van der Waals surface area contributed by atoms with E-state index in [0.717, 1.165) is 14.4 Å². The third-order valence-corrected chi connectivity index (χ3v) is 9.42. The predicted molar refractivity (Wildman–Crippen MR) is 196 cm³/mol. The van der Waals surface area contributed by atoms with Gasteiger partial charge in [-0.1, -0.05) is 145 Å². The van der Waals surface area contributed by atoms with Crippen molar-refractivity contribution in [2.45, 2.75) is 9.79 Å². The van der Waals surface area contributed by atoms with Gasteiger partial charge >= 0.3 is 0 Å². The Balaban J connectivity index is 1.40. The van der Waals surface area contributed by atoms with E-state index in [1.54, 1.807) is 42.5 Å². The second kappa shape index (κ2) is 9.97. The minimum atomic E-state index is -0.762. The molecular weight excluding hydrogens is 575 g/mol. The molecule has 46 heavy (non-hydrogen) atoms. The van der Waals surface area contributed by atoms with Gasteiger partial charge in [0.25, 0.3) is 0 Å². The first-order valence-corrected chi connectivity index (χ1v) is 15.0. The SMILES string of the molecule is [2H]c1c([2H])c([2H])c(-c2ccc3c(c2)-c2cccc4c(-c5c([2H])c([2H])c([2H])c6c7c([2H])c([2H])c8c([2H])c([2H])c([2H])c([2H])c8c7n(-c7c([2H])c([2H])c([2H])c([2H])c7[2H])c56)ccc(c24)S3)c([2H])c1[2H]. The molecule has 0 radical (unpaired) electrons. The fourth-order valence-corrected chi connectivity index (χ4v) is 7.50. The molecule has 0 saturated carbocycles. The summed E-state index contributed by atoms with van der Waals surface area (Å²) in [5, 5.41) is -0.0705. The summed E-state index contributed by atoms with van der Waals surface area (Å²) >= 11 is 1.39. The first-order valence-electron chi connectivity index (χ1n) is 23.7. The van der Waals surface area contributed by atoms with Gasteiger partial charge in [0.1, 0.15) is 0 Å². The summed E-state index contributed by atoms with van der Waals surface area (Å²) in [5.41, 5.74) is 0.921. The minimum absolute atomic E-state index is 0.0117. The first-order chi connectivity index (χ1) is 30.7. The molecule has 1 aliphatic heterocycles. The van der Waals surface area contributed by atoms with Crippen molar-refractivity contribution in [1.82, 2.24) is 4.57 Å². The van der Waals surface area contributed by atoms with Gasteiger partial charge in [-0.05, 0) is 68.9 Å². The van der Waals surface area contributed by atoms with Gasteiger partial charge in [-0.15, -0.1) is 0 Å². The lowest BCUT2D eigenvalue weighted by atomic mass is 9.90. The second-order valence-electron chi connectivity index (χ2n) is 10.7. The molecule has 0 fully saturated rings. The molecule has 0 bridgehead atoms. The van der Waals surface area contributed by atoms with Crippen molar-refractivity contribution in [2.24, 2.45) is 0 Å². The van der Waals surface area contributed by atoms with Crippen LogP contribution in [0.5, 0.6) is 0 Å². The van der Waals surface area contributed by atoms with Gasteiger partial charge < -0.3 is 4.57 Å². The number of aromatic nitrogens is 1. The maximum Gasteiger partial charge on any atom is 0.0645 e. The van der Waals surface area contributed by atoms with E-state index in [-0.39, 0.29) is 56.0 Å². The Morgan fingerprint density at radius 1 is 0.457 bits per heavy atom. The predicted octanol–water partition coefficient (Wildman–Crippen LogP) is 12.6. The van der Waals surface area contributed by atoms with Gasteiger partial charge in [0.05, 0.1) is 37.1 Å². The topological polar surface area (TPSA) is 4.93 Å². The summed E-state index contributed by atoms with van der Waals surface area (Å²) in [6.07, 6.45) is 0. The van der Waals surface area contributed by atoms with Crippen LogP contribution in [0, 0.1) is 0 Å². The molecule has 0 spiro atoms. The van der Waals surface area contributed by atoms with E-state index < -0.39 is 114 Å². The molecule has 0 atom stereocenters. The molecule has 214 valence electrons. The summed E-state index contributed by atoms with van der Waals surface area (Å²) in [6.45, 7) is 0. The number of hydrogen-bond acceptors (Lipinski definition) is 1. The molecule has 9 aromatic rings. The van der Waals surface area contributed by atoms with E-state index in [2.05, 4.69) is 0 Å². The molecule has 0 unspecified atom stereocenters. The normalized spacial score (nSPS) is 18.0. The largest absolute Gasteiger partial charge is 0.308 e. The Bertz CT molecular complexity index is 3690. The molecule has 1 aromatic heterocycles. The zero-order valence-electron chi connectivity index (χ0n) is 42.5. The lowest BCUT2D eigenvalue weighted by Gasteiger charge is -2.23. The maximum absolute atomic E-state index is 9.57. The average Bonchev–Trinajstić information content (AvgIpc) is 3.63. The summed E-state index contributed by atoms with van der Waals surface area (Å²) in [7, 11) is 0. The van der Waals surface area contributed by atoms with Crippen LogP contribution in [0.2, 0.25) is 0 Å². The lowest BCUT2D eigenvalue weighted by molar-refractivity contribution is 1.19. The number of fused-ring (bicyclic) bond motifs is 7. The summed E-state index contributed by atoms with van der Waals surface area (Å²) in [4.78, 5) is 1.55. The smallest absolute Gasteiger partial charge is 0.0645 e. The first kappa shape index (κ1) is 13.4. The van der Waals surface area contributed by atoms with Crippen LogP contribution in [0.4, 0.5) is 0 Å². The molecule has 8 aromatic carbocycles. The third kappa shape index (κ3) is 3.71. The van der Waals surface area contributed by atoms with Crippen molar-refractivity contribution < 1.29 is 26.0 Å². The van der Waals surface area contributed by atoms with Gasteiger partial charge in [0.2, 0.25) is 0 Å². The van der Waals surface area contributed by atoms with Crippen LogP contribution in [0.3, 0.4) is 0 Å². The van der Waals surface area contributed by atoms with Crippen molar-refractivity contribution in [3.63, 3.8) is 0 Å². The summed E-state index contributed by atoms with van der Waals surface area (Å²) < 4.78 is 169. The highest BCUT2D eigenvalue weighted by Crippen LogP contribution is 2.51. The van der Waals surface area contributed by atoms with E-state index in [4.69, 9.17) is 17.8 Å². The number of hydrogen-bond donors (Lipinski definition) is 0. The highest BCUT2D eigenvalue weighted by Gasteiger charge is 2.24. The summed E-state index contributed by atoms with van der Waals surface area (Å²) in [5.74, 6) is 0. The van der Waals surface area contributed by atoms with Crippen molar-refractivity contribution in [1.29, 1.82) is 0 Å². The Morgan fingerprint density at radius 2 is 1.22 bits per heavy atom. The van der Waals surface area contributed by atoms with E-state index in [0.29, 0.717) is 27.5 Å². The van der Waals surface area contributed by atoms with E-state index >= 15 is 0 Å². The molecule has 0 N–H and O–H groups in total. The van der Waals surface area contributed by atoms with Crippen molar-refractivity contribution in [3.05, 3.63) is 163 Å². The Morgan fingerprint density at radius 3 is 2.11 bits per heavy atom. The van der Waals surface area contributed by atoms with Crippen LogP contribution in [-0.2, 0) is 0 Å². The van der Waals surface area contributed by atoms with Gasteiger partial charge in [0.15, 0.2) is 0 Å². The molecular formula is C44H27NS. The van der Waals surface area contributed by atoms with Gasteiger partial charge in [0, 0.05) is 42.6 Å². The van der Waals surface area contributed by atoms with Crippen LogP contribution < -0.4 is 0 Å². The van der Waals surface area contributed by atoms with Crippen LogP contribution in [0.1, 0.15) is 26.0 Å². The monoisotopic (exact) mass is 620 g/mol. The summed E-state index contributed by atoms with van der Waals surface area (Å²) in [6, 6.07) is 2.29. The molecule has 10 rings (SSSR count). The molecule has 2 heteroatoms. The quantitative estimate of drug-likeness (QED) is 0.190. The van der Waals surface area contributed by atoms with Crippen LogP contribution in [0.25, 0.3) is 82.4 Å². The fraction of sp³-hybridized carbons (Fsp3) is 0. The van der Waals surface area contributed by atoms with Gasteiger partial charge in [-0.2, -0.15) is 0 Å². The van der Waals surface area contributed by atoms with Crippen LogP contribution >= 0.6 is 11.8 Å². The maximum atomic E-state index is 9.57. The fourth-order valence-electron chi connectivity index (χ4n) is 6.39. The Kier molecular flexibility index (Phi) is 2.91. The Labute approximate surface area is 298 Å². The highest BCUT2D eigenvalue weighted by molar-refractivity contribution is 7.99. The zero-order valence-corrected chi connectivity index (χ0v) is 24.3. The average molecular weight is 621 g/mol. The van der Waals surface area contributed by atoms with E-state index in [9.17, 15) is 8.22 Å². The lowest BCUT2D eigenvalue weighted by Crippen LogP contribution is -1.97. The van der Waals surface area contributed by atoms with E-state index in [1.165, 1.54) is 11.8 Å². The van der Waals surface area contributed by atoms with Crippen LogP contribution in [0.15, 0.2) is 173 Å². The molecule has 1 nitrogen and oxygen atoms in total. The molecule has 0 saturated heterocycles. The molecule has 1 aliphatic rings. The molecule has 0 amide bonds. The molecule has 2 heterocycles. The zero-order chi connectivity index (χ0) is 46.7. The van der Waals surface area contributed by atoms with Crippen molar-refractivity contribution >= 4 is 55.1 Å². The third-order valence-electron chi connectivity index (χ3n) is 8.28. The van der Waals surface area contributed by atoms with Gasteiger partial charge in [-0.25, -0.2) is 0 Å². The Hall–Kier alpha value is -5.57. The standard InChI is InChI=1S/C44H27NS/c1-3-11-28(12-4-1)30-22-25-40-39(27-30)35-18-9-17-34-33(24-26-41(46-40)42(34)35)36-19-10-20-37-38-23-21-29-13-7-8-16-32(29)43(38)45(44(36)37)31-14-5-2-6-15-31/h1-27H/i1D,2D,3D,4D,5D,6D,7D,8D,10D,11D,12D,13D,14D,15D,16D,19D,20D,21D,23D. The number of rotatable bonds is 3. The highest BCUT2D eigenvalue weighted by atomic mass is 32.2. The number of benzene rings is 8. The number of nitrogens with zero attached hydrogens (tertiary/aromatic N) is 1. The van der Waals surface area contributed by atoms with Crippen LogP contribution in [-0.4, -0.2) is 4.57 Å². The molecule has 0 aliphatic carbocycles. The second-order valence-corrected chi connectivity index (χ2v) is 11.7. The van der Waals surface area contributed by atoms with Crippen molar-refractivity contribution in [2.75, 3.05) is 0 Å². The van der Waals surface area contributed by atoms with Crippen molar-refractivity contribution in [3.8, 4) is 39.1 Å².